The van der Waals surface area contributed by atoms with E-state index in [0.29, 0.717) is 11.3 Å². The van der Waals surface area contributed by atoms with Crippen molar-refractivity contribution in [1.29, 1.82) is 0 Å². The van der Waals surface area contributed by atoms with E-state index >= 15 is 0 Å². The number of hydrogen-bond acceptors (Lipinski definition) is 4. The van der Waals surface area contributed by atoms with Gasteiger partial charge in [-0.05, 0) is 25.1 Å². The molecule has 19 heavy (non-hydrogen) atoms. The van der Waals surface area contributed by atoms with Crippen LogP contribution in [0.2, 0.25) is 0 Å². The van der Waals surface area contributed by atoms with Gasteiger partial charge < -0.3 is 14.1 Å². The van der Waals surface area contributed by atoms with Gasteiger partial charge in [0, 0.05) is 31.6 Å². The zero-order valence-corrected chi connectivity index (χ0v) is 11.0. The fourth-order valence-corrected chi connectivity index (χ4v) is 1.73. The van der Waals surface area contributed by atoms with Crippen molar-refractivity contribution in [3.63, 3.8) is 0 Å². The minimum atomic E-state index is -0.595. The predicted molar refractivity (Wildman–Crippen MR) is 71.3 cm³/mol. The predicted octanol–water partition coefficient (Wildman–Crippen LogP) is 1.65. The van der Waals surface area contributed by atoms with Gasteiger partial charge in [-0.25, -0.2) is 4.79 Å². The molecule has 0 bridgehead atoms. The van der Waals surface area contributed by atoms with E-state index in [1.165, 1.54) is 11.0 Å². The maximum absolute atomic E-state index is 11.7. The molecule has 1 atom stereocenters. The van der Waals surface area contributed by atoms with Gasteiger partial charge in [-0.15, -0.1) is 0 Å². The average molecular weight is 261 g/mol. The zero-order chi connectivity index (χ0) is 14.0. The largest absolute Gasteiger partial charge is 0.481 e. The van der Waals surface area contributed by atoms with Gasteiger partial charge in [0.05, 0.1) is 0 Å². The Morgan fingerprint density at radius 1 is 1.26 bits per heavy atom. The highest BCUT2D eigenvalue weighted by Crippen LogP contribution is 2.20. The quantitative estimate of drug-likeness (QED) is 0.788. The Labute approximate surface area is 110 Å². The van der Waals surface area contributed by atoms with E-state index in [1.54, 1.807) is 45.3 Å². The van der Waals surface area contributed by atoms with Crippen LogP contribution in [0.5, 0.6) is 5.75 Å². The highest BCUT2D eigenvalue weighted by Gasteiger charge is 2.16. The van der Waals surface area contributed by atoms with Crippen LogP contribution in [0.1, 0.15) is 6.92 Å². The molecule has 1 heterocycles. The number of amides is 1. The summed E-state index contributed by atoms with van der Waals surface area (Å²) >= 11 is 0. The number of fused-ring (bicyclic) bond motifs is 1. The highest BCUT2D eigenvalue weighted by molar-refractivity contribution is 5.81. The lowest BCUT2D eigenvalue weighted by Crippen LogP contribution is -2.35. The summed E-state index contributed by atoms with van der Waals surface area (Å²) < 4.78 is 10.6. The van der Waals surface area contributed by atoms with Crippen LogP contribution in [-0.2, 0) is 4.79 Å². The molecule has 0 aliphatic carbocycles. The van der Waals surface area contributed by atoms with Gasteiger partial charge in [-0.3, -0.25) is 4.79 Å². The van der Waals surface area contributed by atoms with Crippen molar-refractivity contribution in [2.75, 3.05) is 14.1 Å². The smallest absolute Gasteiger partial charge is 0.336 e. The van der Waals surface area contributed by atoms with Gasteiger partial charge in [-0.1, -0.05) is 0 Å². The molecule has 0 radical (unpaired) electrons. The van der Waals surface area contributed by atoms with E-state index in [-0.39, 0.29) is 5.91 Å². The molecule has 0 saturated heterocycles. The Bertz CT molecular complexity index is 660. The molecule has 0 fully saturated rings. The summed E-state index contributed by atoms with van der Waals surface area (Å²) in [5.74, 6) is 0.360. The fourth-order valence-electron chi connectivity index (χ4n) is 1.73. The molecule has 100 valence electrons. The van der Waals surface area contributed by atoms with Crippen molar-refractivity contribution in [2.24, 2.45) is 0 Å². The highest BCUT2D eigenvalue weighted by atomic mass is 16.5. The molecule has 2 rings (SSSR count). The molecule has 0 N–H and O–H groups in total. The Morgan fingerprint density at radius 3 is 2.63 bits per heavy atom. The second kappa shape index (κ2) is 5.14. The van der Waals surface area contributed by atoms with Crippen LogP contribution in [0.3, 0.4) is 0 Å². The van der Waals surface area contributed by atoms with Crippen molar-refractivity contribution in [3.8, 4) is 5.75 Å². The van der Waals surface area contributed by atoms with Crippen molar-refractivity contribution in [1.82, 2.24) is 4.90 Å². The van der Waals surface area contributed by atoms with E-state index in [4.69, 9.17) is 9.15 Å². The normalized spacial score (nSPS) is 12.2. The summed E-state index contributed by atoms with van der Waals surface area (Å²) in [6.07, 6.45) is -0.595. The summed E-state index contributed by atoms with van der Waals surface area (Å²) in [6, 6.07) is 8.17. The molecule has 0 aliphatic heterocycles. The van der Waals surface area contributed by atoms with Crippen molar-refractivity contribution in [3.05, 3.63) is 40.8 Å². The molecular formula is C14H15NO4. The van der Waals surface area contributed by atoms with Crippen molar-refractivity contribution < 1.29 is 13.9 Å². The average Bonchev–Trinajstić information content (AvgIpc) is 2.37. The number of carbonyl (C=O) groups excluding carboxylic acids is 1. The third-order valence-electron chi connectivity index (χ3n) is 2.70. The van der Waals surface area contributed by atoms with Gasteiger partial charge >= 0.3 is 5.63 Å². The van der Waals surface area contributed by atoms with Crippen LogP contribution in [0.4, 0.5) is 0 Å². The number of rotatable bonds is 3. The van der Waals surface area contributed by atoms with E-state index in [0.717, 1.165) is 5.39 Å². The van der Waals surface area contributed by atoms with E-state index in [9.17, 15) is 9.59 Å². The summed E-state index contributed by atoms with van der Waals surface area (Å²) in [4.78, 5) is 24.3. The molecule has 2 aromatic rings. The number of likely N-dealkylation sites (N-methyl/N-ethyl adjacent to an activating group) is 1. The lowest BCUT2D eigenvalue weighted by molar-refractivity contribution is -0.135. The molecule has 0 unspecified atom stereocenters. The van der Waals surface area contributed by atoms with Crippen LogP contribution < -0.4 is 10.4 Å². The standard InChI is InChI=1S/C14H15NO4/c1-9(14(17)15(2)3)18-11-6-4-10-5-7-13(16)19-12(10)8-11/h4-9H,1-3H3/t9-/m0/s1. The number of benzene rings is 1. The summed E-state index contributed by atoms with van der Waals surface area (Å²) in [6.45, 7) is 1.67. The Balaban J connectivity index is 2.26. The first-order valence-corrected chi connectivity index (χ1v) is 5.89. The SMILES string of the molecule is C[C@H](Oc1ccc2ccc(=O)oc2c1)C(=O)N(C)C. The Hall–Kier alpha value is -2.30. The van der Waals surface area contributed by atoms with Gasteiger partial charge in [0.15, 0.2) is 6.10 Å². The van der Waals surface area contributed by atoms with Crippen LogP contribution in [-0.4, -0.2) is 31.0 Å². The third-order valence-corrected chi connectivity index (χ3v) is 2.70. The van der Waals surface area contributed by atoms with Crippen molar-refractivity contribution >= 4 is 16.9 Å². The second-order valence-corrected chi connectivity index (χ2v) is 4.45. The molecule has 5 heteroatoms. The maximum atomic E-state index is 11.7. The van der Waals surface area contributed by atoms with Crippen LogP contribution in [0.15, 0.2) is 39.5 Å². The lowest BCUT2D eigenvalue weighted by Gasteiger charge is -2.18. The first-order chi connectivity index (χ1) is 8.97. The summed E-state index contributed by atoms with van der Waals surface area (Å²) in [7, 11) is 3.34. The minimum Gasteiger partial charge on any atom is -0.481 e. The minimum absolute atomic E-state index is 0.130. The first kappa shape index (κ1) is 13.1. The number of hydrogen-bond donors (Lipinski definition) is 0. The molecule has 1 aromatic heterocycles. The van der Waals surface area contributed by atoms with Gasteiger partial charge in [0.1, 0.15) is 11.3 Å². The van der Waals surface area contributed by atoms with Gasteiger partial charge in [0.2, 0.25) is 0 Å². The fraction of sp³-hybridized carbons (Fsp3) is 0.286. The Kier molecular flexibility index (Phi) is 3.55. The van der Waals surface area contributed by atoms with Crippen molar-refractivity contribution in [2.45, 2.75) is 13.0 Å². The van der Waals surface area contributed by atoms with Crippen LogP contribution >= 0.6 is 0 Å². The molecule has 5 nitrogen and oxygen atoms in total. The summed E-state index contributed by atoms with van der Waals surface area (Å²) in [5.41, 5.74) is 0.0246. The maximum Gasteiger partial charge on any atom is 0.336 e. The zero-order valence-electron chi connectivity index (χ0n) is 11.0. The number of carbonyl (C=O) groups is 1. The number of nitrogens with zero attached hydrogens (tertiary/aromatic N) is 1. The van der Waals surface area contributed by atoms with Gasteiger partial charge in [0.25, 0.3) is 5.91 Å². The topological polar surface area (TPSA) is 59.8 Å². The monoisotopic (exact) mass is 261 g/mol. The number of ether oxygens (including phenoxy) is 1. The van der Waals surface area contributed by atoms with Crippen LogP contribution in [0.25, 0.3) is 11.0 Å². The summed E-state index contributed by atoms with van der Waals surface area (Å²) in [5, 5.41) is 0.804. The molecule has 1 amide bonds. The Morgan fingerprint density at radius 2 is 1.95 bits per heavy atom. The third kappa shape index (κ3) is 2.93. The van der Waals surface area contributed by atoms with E-state index in [2.05, 4.69) is 0 Å². The van der Waals surface area contributed by atoms with Gasteiger partial charge in [-0.2, -0.15) is 0 Å². The molecule has 0 saturated carbocycles. The van der Waals surface area contributed by atoms with Crippen LogP contribution in [0, 0.1) is 0 Å². The molecule has 0 spiro atoms. The molecule has 0 aliphatic rings. The molecular weight excluding hydrogens is 246 g/mol. The van der Waals surface area contributed by atoms with E-state index < -0.39 is 11.7 Å². The lowest BCUT2D eigenvalue weighted by atomic mass is 10.2. The second-order valence-electron chi connectivity index (χ2n) is 4.45. The molecule has 1 aromatic carbocycles. The van der Waals surface area contributed by atoms with E-state index in [1.807, 2.05) is 0 Å². The first-order valence-electron chi connectivity index (χ1n) is 5.89.